The average Bonchev–Trinajstić information content (AvgIpc) is 3.09. The largest absolute Gasteiger partial charge is 0.399 e. The topological polar surface area (TPSA) is 41.6 Å². The molecule has 1 fully saturated rings. The van der Waals surface area contributed by atoms with Gasteiger partial charge in [0.25, 0.3) is 0 Å². The number of halogens is 1. The summed E-state index contributed by atoms with van der Waals surface area (Å²) in [5, 5.41) is 7.99. The molecule has 4 heteroatoms. The van der Waals surface area contributed by atoms with E-state index >= 15 is 0 Å². The summed E-state index contributed by atoms with van der Waals surface area (Å²) in [7, 11) is 0. The van der Waals surface area contributed by atoms with E-state index < -0.39 is 0 Å². The summed E-state index contributed by atoms with van der Waals surface area (Å²) < 4.78 is 0. The maximum Gasteiger partial charge on any atom is 0.0828 e. The average molecular weight is 354 g/mol. The molecule has 1 heterocycles. The molecule has 2 N–H and O–H groups in total. The standard InChI is InChI=1S/C21H24ClN3/c22-17-8-12-19(13-9-17)25-21(16-6-10-18(23)11-7-16)14-20(24-25)15-4-2-1-3-5-15/h6-13,15,21H,1-5,14,23H2. The van der Waals surface area contributed by atoms with E-state index in [1.807, 2.05) is 24.3 Å². The molecule has 4 rings (SSSR count). The molecular weight excluding hydrogens is 330 g/mol. The summed E-state index contributed by atoms with van der Waals surface area (Å²) in [5.41, 5.74) is 10.4. The molecule has 25 heavy (non-hydrogen) atoms. The minimum atomic E-state index is 0.235. The molecule has 2 aromatic rings. The van der Waals surface area contributed by atoms with Gasteiger partial charge in [-0.2, -0.15) is 5.10 Å². The van der Waals surface area contributed by atoms with Crippen LogP contribution < -0.4 is 10.7 Å². The Bertz CT molecular complexity index is 746. The monoisotopic (exact) mass is 353 g/mol. The van der Waals surface area contributed by atoms with Gasteiger partial charge >= 0.3 is 0 Å². The summed E-state index contributed by atoms with van der Waals surface area (Å²) in [4.78, 5) is 0. The Morgan fingerprint density at radius 1 is 0.920 bits per heavy atom. The number of hydrazone groups is 1. The van der Waals surface area contributed by atoms with Crippen LogP contribution in [0.1, 0.15) is 50.1 Å². The van der Waals surface area contributed by atoms with E-state index in [2.05, 4.69) is 29.3 Å². The lowest BCUT2D eigenvalue weighted by molar-refractivity contribution is 0.436. The van der Waals surface area contributed by atoms with Crippen molar-refractivity contribution in [2.24, 2.45) is 11.0 Å². The van der Waals surface area contributed by atoms with Gasteiger partial charge in [0.2, 0.25) is 0 Å². The van der Waals surface area contributed by atoms with Gasteiger partial charge in [-0.15, -0.1) is 0 Å². The van der Waals surface area contributed by atoms with Crippen LogP contribution in [0, 0.1) is 5.92 Å². The van der Waals surface area contributed by atoms with Crippen molar-refractivity contribution in [1.82, 2.24) is 0 Å². The first-order valence-electron chi connectivity index (χ1n) is 9.18. The van der Waals surface area contributed by atoms with Gasteiger partial charge in [0.05, 0.1) is 11.7 Å². The molecule has 0 aromatic heterocycles. The van der Waals surface area contributed by atoms with Gasteiger partial charge < -0.3 is 5.73 Å². The molecule has 1 unspecified atom stereocenters. The van der Waals surface area contributed by atoms with Crippen LogP contribution in [0.25, 0.3) is 0 Å². The van der Waals surface area contributed by atoms with Gasteiger partial charge in [0, 0.05) is 22.8 Å². The Morgan fingerprint density at radius 2 is 1.60 bits per heavy atom. The van der Waals surface area contributed by atoms with Crippen molar-refractivity contribution in [2.45, 2.75) is 44.6 Å². The second-order valence-electron chi connectivity index (χ2n) is 7.13. The van der Waals surface area contributed by atoms with Gasteiger partial charge in [-0.25, -0.2) is 0 Å². The molecule has 2 aromatic carbocycles. The summed E-state index contributed by atoms with van der Waals surface area (Å²) >= 11 is 6.07. The van der Waals surface area contributed by atoms with Crippen LogP contribution in [-0.4, -0.2) is 5.71 Å². The molecule has 0 radical (unpaired) electrons. The lowest BCUT2D eigenvalue weighted by Gasteiger charge is -2.24. The van der Waals surface area contributed by atoms with E-state index in [1.54, 1.807) is 0 Å². The third kappa shape index (κ3) is 3.52. The minimum absolute atomic E-state index is 0.235. The Balaban J connectivity index is 1.66. The van der Waals surface area contributed by atoms with Crippen LogP contribution in [0.4, 0.5) is 11.4 Å². The number of rotatable bonds is 3. The van der Waals surface area contributed by atoms with Crippen molar-refractivity contribution in [2.75, 3.05) is 10.7 Å². The molecule has 130 valence electrons. The molecule has 2 aliphatic rings. The molecule has 0 spiro atoms. The van der Waals surface area contributed by atoms with Crippen molar-refractivity contribution >= 4 is 28.7 Å². The number of anilines is 2. The van der Waals surface area contributed by atoms with Gasteiger partial charge in [-0.05, 0) is 60.7 Å². The molecule has 0 bridgehead atoms. The van der Waals surface area contributed by atoms with Crippen molar-refractivity contribution in [1.29, 1.82) is 0 Å². The molecule has 3 nitrogen and oxygen atoms in total. The van der Waals surface area contributed by atoms with E-state index in [4.69, 9.17) is 22.4 Å². The molecule has 1 aliphatic carbocycles. The van der Waals surface area contributed by atoms with Gasteiger partial charge in [0.15, 0.2) is 0 Å². The van der Waals surface area contributed by atoms with Gasteiger partial charge in [-0.3, -0.25) is 5.01 Å². The fourth-order valence-corrected chi connectivity index (χ4v) is 4.15. The quantitative estimate of drug-likeness (QED) is 0.707. The van der Waals surface area contributed by atoms with Crippen LogP contribution in [0.15, 0.2) is 53.6 Å². The molecule has 0 saturated heterocycles. The number of nitrogen functional groups attached to an aromatic ring is 1. The Morgan fingerprint density at radius 3 is 2.28 bits per heavy atom. The Kier molecular flexibility index (Phi) is 4.67. The van der Waals surface area contributed by atoms with Gasteiger partial charge in [-0.1, -0.05) is 43.0 Å². The van der Waals surface area contributed by atoms with Crippen LogP contribution in [-0.2, 0) is 0 Å². The zero-order valence-electron chi connectivity index (χ0n) is 14.4. The van der Waals surface area contributed by atoms with E-state index in [0.717, 1.165) is 22.8 Å². The highest BCUT2D eigenvalue weighted by atomic mass is 35.5. The molecule has 1 atom stereocenters. The van der Waals surface area contributed by atoms with Crippen molar-refractivity contribution in [3.63, 3.8) is 0 Å². The van der Waals surface area contributed by atoms with Crippen molar-refractivity contribution in [3.8, 4) is 0 Å². The van der Waals surface area contributed by atoms with E-state index in [0.29, 0.717) is 5.92 Å². The van der Waals surface area contributed by atoms with Crippen LogP contribution in [0.3, 0.4) is 0 Å². The second-order valence-corrected chi connectivity index (χ2v) is 7.57. The van der Waals surface area contributed by atoms with Crippen LogP contribution in [0.2, 0.25) is 5.02 Å². The van der Waals surface area contributed by atoms with Crippen LogP contribution in [0.5, 0.6) is 0 Å². The molecule has 1 aliphatic heterocycles. The lowest BCUT2D eigenvalue weighted by Crippen LogP contribution is -2.18. The maximum atomic E-state index is 6.07. The third-order valence-corrected chi connectivity index (χ3v) is 5.67. The molecular formula is C21H24ClN3. The van der Waals surface area contributed by atoms with E-state index in [1.165, 1.54) is 43.4 Å². The zero-order chi connectivity index (χ0) is 17.2. The highest BCUT2D eigenvalue weighted by Crippen LogP contribution is 2.39. The number of hydrogen-bond acceptors (Lipinski definition) is 3. The predicted octanol–water partition coefficient (Wildman–Crippen LogP) is 5.81. The van der Waals surface area contributed by atoms with E-state index in [-0.39, 0.29) is 6.04 Å². The SMILES string of the molecule is Nc1ccc(C2CC(C3CCCCC3)=NN2c2ccc(Cl)cc2)cc1. The first-order chi connectivity index (χ1) is 12.2. The fourth-order valence-electron chi connectivity index (χ4n) is 4.03. The Labute approximate surface area is 154 Å². The number of benzene rings is 2. The summed E-state index contributed by atoms with van der Waals surface area (Å²) in [6.07, 6.45) is 7.58. The maximum absolute atomic E-state index is 6.07. The van der Waals surface area contributed by atoms with Gasteiger partial charge in [0.1, 0.15) is 0 Å². The van der Waals surface area contributed by atoms with Crippen molar-refractivity contribution < 1.29 is 0 Å². The minimum Gasteiger partial charge on any atom is -0.399 e. The van der Waals surface area contributed by atoms with Crippen molar-refractivity contribution in [3.05, 3.63) is 59.1 Å². The smallest absolute Gasteiger partial charge is 0.0828 e. The number of nitrogens with two attached hydrogens (primary N) is 1. The highest BCUT2D eigenvalue weighted by Gasteiger charge is 2.33. The lowest BCUT2D eigenvalue weighted by atomic mass is 9.83. The third-order valence-electron chi connectivity index (χ3n) is 5.42. The first-order valence-corrected chi connectivity index (χ1v) is 9.56. The molecule has 1 saturated carbocycles. The summed E-state index contributed by atoms with van der Waals surface area (Å²) in [6.45, 7) is 0. The normalized spacial score (nSPS) is 21.4. The first kappa shape index (κ1) is 16.5. The summed E-state index contributed by atoms with van der Waals surface area (Å²) in [5.74, 6) is 0.641. The summed E-state index contributed by atoms with van der Waals surface area (Å²) in [6, 6.07) is 16.4. The predicted molar refractivity (Wildman–Crippen MR) is 106 cm³/mol. The fraction of sp³-hybridized carbons (Fsp3) is 0.381. The van der Waals surface area contributed by atoms with Crippen LogP contribution >= 0.6 is 11.6 Å². The second kappa shape index (κ2) is 7.09. The zero-order valence-corrected chi connectivity index (χ0v) is 15.1. The Hall–Kier alpha value is -2.00. The van der Waals surface area contributed by atoms with E-state index in [9.17, 15) is 0 Å². The number of hydrogen-bond donors (Lipinski definition) is 1. The highest BCUT2D eigenvalue weighted by molar-refractivity contribution is 6.30. The molecule has 0 amide bonds. The number of nitrogens with zero attached hydrogens (tertiary/aromatic N) is 2.